The average molecular weight is 666 g/mol. The summed E-state index contributed by atoms with van der Waals surface area (Å²) in [6, 6.07) is 52.8. The van der Waals surface area contributed by atoms with E-state index in [1.165, 1.54) is 16.2 Å². The van der Waals surface area contributed by atoms with Gasteiger partial charge in [0.2, 0.25) is 0 Å². The van der Waals surface area contributed by atoms with Gasteiger partial charge in [-0.3, -0.25) is 4.98 Å². The molecule has 6 heteroatoms. The molecule has 52 heavy (non-hydrogen) atoms. The lowest BCUT2D eigenvalue weighted by Gasteiger charge is -2.15. The van der Waals surface area contributed by atoms with E-state index in [9.17, 15) is 0 Å². The second-order valence-corrected chi connectivity index (χ2v) is 13.1. The lowest BCUT2D eigenvalue weighted by molar-refractivity contribution is 0.667. The molecule has 242 valence electrons. The Labute approximate surface area is 297 Å². The number of hydrogen-bond donors (Lipinski definition) is 0. The van der Waals surface area contributed by atoms with Gasteiger partial charge >= 0.3 is 0 Å². The van der Waals surface area contributed by atoms with E-state index in [4.69, 9.17) is 19.4 Å². The van der Waals surface area contributed by atoms with Crippen molar-refractivity contribution in [1.82, 2.24) is 24.5 Å². The van der Waals surface area contributed by atoms with Gasteiger partial charge in [0.1, 0.15) is 5.58 Å². The summed E-state index contributed by atoms with van der Waals surface area (Å²) in [7, 11) is 0. The SMILES string of the molecule is c1ccc(-n2c3ccccc3c3ccccc32)c(-c2nc(-c3ccc4c(c3)oc3cnccc34)nc(-c3cc4ccccc4c4ccccc34)n2)c1. The van der Waals surface area contributed by atoms with E-state index in [1.54, 1.807) is 12.4 Å². The Kier molecular flexibility index (Phi) is 6.15. The van der Waals surface area contributed by atoms with Crippen molar-refractivity contribution in [2.45, 2.75) is 0 Å². The Morgan fingerprint density at radius 1 is 0.423 bits per heavy atom. The fourth-order valence-corrected chi connectivity index (χ4v) is 7.80. The summed E-state index contributed by atoms with van der Waals surface area (Å²) in [5.74, 6) is 1.76. The molecule has 0 N–H and O–H groups in total. The fraction of sp³-hybridized carbons (Fsp3) is 0. The minimum atomic E-state index is 0.565. The van der Waals surface area contributed by atoms with E-state index in [0.717, 1.165) is 71.5 Å². The smallest absolute Gasteiger partial charge is 0.166 e. The second-order valence-electron chi connectivity index (χ2n) is 13.1. The number of aromatic nitrogens is 5. The molecule has 4 heterocycles. The van der Waals surface area contributed by atoms with Crippen LogP contribution in [0.1, 0.15) is 0 Å². The first-order valence-electron chi connectivity index (χ1n) is 17.3. The first kappa shape index (κ1) is 28.6. The van der Waals surface area contributed by atoms with E-state index >= 15 is 0 Å². The minimum absolute atomic E-state index is 0.565. The molecule has 0 saturated carbocycles. The quantitative estimate of drug-likeness (QED) is 0.175. The Morgan fingerprint density at radius 2 is 1.04 bits per heavy atom. The number of fused-ring (bicyclic) bond motifs is 9. The number of para-hydroxylation sites is 3. The molecule has 0 spiro atoms. The number of benzene rings is 7. The normalized spacial score (nSPS) is 11.8. The van der Waals surface area contributed by atoms with Gasteiger partial charge in [-0.15, -0.1) is 0 Å². The molecule has 0 saturated heterocycles. The summed E-state index contributed by atoms with van der Waals surface area (Å²) >= 11 is 0. The molecule has 6 nitrogen and oxygen atoms in total. The molecule has 0 radical (unpaired) electrons. The van der Waals surface area contributed by atoms with Gasteiger partial charge in [-0.1, -0.05) is 103 Å². The van der Waals surface area contributed by atoms with Gasteiger partial charge in [-0.25, -0.2) is 15.0 Å². The van der Waals surface area contributed by atoms with Crippen LogP contribution in [0.4, 0.5) is 0 Å². The van der Waals surface area contributed by atoms with Crippen LogP contribution in [0, 0.1) is 0 Å². The topological polar surface area (TPSA) is 69.6 Å². The van der Waals surface area contributed by atoms with Gasteiger partial charge in [0.05, 0.1) is 22.9 Å². The van der Waals surface area contributed by atoms with E-state index in [1.807, 2.05) is 12.1 Å². The molecule has 0 unspecified atom stereocenters. The highest BCUT2D eigenvalue weighted by molar-refractivity contribution is 6.13. The van der Waals surface area contributed by atoms with E-state index in [-0.39, 0.29) is 0 Å². The zero-order chi connectivity index (χ0) is 34.2. The van der Waals surface area contributed by atoms with E-state index in [2.05, 4.69) is 149 Å². The molecule has 11 aromatic rings. The van der Waals surface area contributed by atoms with Gasteiger partial charge in [0.25, 0.3) is 0 Å². The van der Waals surface area contributed by atoms with Crippen molar-refractivity contribution in [2.24, 2.45) is 0 Å². The van der Waals surface area contributed by atoms with Crippen molar-refractivity contribution >= 4 is 65.3 Å². The van der Waals surface area contributed by atoms with Crippen LogP contribution in [0.3, 0.4) is 0 Å². The lowest BCUT2D eigenvalue weighted by atomic mass is 9.97. The third-order valence-corrected chi connectivity index (χ3v) is 10.1. The molecule has 0 atom stereocenters. The molecule has 0 aliphatic rings. The molecular weight excluding hydrogens is 639 g/mol. The number of nitrogens with zero attached hydrogens (tertiary/aromatic N) is 5. The zero-order valence-corrected chi connectivity index (χ0v) is 27.7. The van der Waals surface area contributed by atoms with Crippen LogP contribution in [-0.4, -0.2) is 24.5 Å². The van der Waals surface area contributed by atoms with Crippen molar-refractivity contribution in [1.29, 1.82) is 0 Å². The number of hydrogen-bond acceptors (Lipinski definition) is 5. The maximum absolute atomic E-state index is 6.26. The zero-order valence-electron chi connectivity index (χ0n) is 27.7. The molecule has 4 aromatic heterocycles. The predicted molar refractivity (Wildman–Crippen MR) is 211 cm³/mol. The summed E-state index contributed by atoms with van der Waals surface area (Å²) in [6.45, 7) is 0. The summed E-state index contributed by atoms with van der Waals surface area (Å²) < 4.78 is 8.59. The molecule has 7 aromatic carbocycles. The third kappa shape index (κ3) is 4.31. The Hall–Kier alpha value is -7.18. The van der Waals surface area contributed by atoms with Crippen LogP contribution in [0.5, 0.6) is 0 Å². The van der Waals surface area contributed by atoms with Crippen LogP contribution in [0.15, 0.2) is 168 Å². The third-order valence-electron chi connectivity index (χ3n) is 10.1. The van der Waals surface area contributed by atoms with Gasteiger partial charge in [0, 0.05) is 44.4 Å². The number of rotatable bonds is 4. The summed E-state index contributed by atoms with van der Waals surface area (Å²) in [5, 5.41) is 9.00. The maximum Gasteiger partial charge on any atom is 0.166 e. The fourth-order valence-electron chi connectivity index (χ4n) is 7.80. The second kappa shape index (κ2) is 11.2. The Bertz CT molecular complexity index is 3160. The highest BCUT2D eigenvalue weighted by Gasteiger charge is 2.21. The highest BCUT2D eigenvalue weighted by Crippen LogP contribution is 2.39. The van der Waals surface area contributed by atoms with Crippen LogP contribution < -0.4 is 0 Å². The number of pyridine rings is 1. The number of furan rings is 1. The maximum atomic E-state index is 6.26. The lowest BCUT2D eigenvalue weighted by Crippen LogP contribution is -2.04. The van der Waals surface area contributed by atoms with Crippen molar-refractivity contribution in [3.05, 3.63) is 164 Å². The first-order valence-corrected chi connectivity index (χ1v) is 17.3. The summed E-state index contributed by atoms with van der Waals surface area (Å²) in [6.07, 6.45) is 3.54. The standard InChI is InChI=1S/C46H27N5O/c1-2-12-30-28(11-1)25-38(32-14-4-3-13-31(30)32)46-49-44(29-21-22-35-36-23-24-47-27-43(36)52-42(35)26-29)48-45(50-46)37-17-7-10-20-41(37)51-39-18-8-5-15-33(39)34-16-6-9-19-40(34)51/h1-27H. The van der Waals surface area contributed by atoms with Gasteiger partial charge < -0.3 is 8.98 Å². The van der Waals surface area contributed by atoms with Gasteiger partial charge in [0.15, 0.2) is 23.1 Å². The minimum Gasteiger partial charge on any atom is -0.454 e. The average Bonchev–Trinajstić information content (AvgIpc) is 3.76. The molecule has 0 bridgehead atoms. The Morgan fingerprint density at radius 3 is 1.85 bits per heavy atom. The molecular formula is C46H27N5O. The van der Waals surface area contributed by atoms with Crippen molar-refractivity contribution in [3.63, 3.8) is 0 Å². The Balaban J connectivity index is 1.21. The molecule has 0 aliphatic carbocycles. The molecule has 0 aliphatic heterocycles. The van der Waals surface area contributed by atoms with Crippen molar-refractivity contribution < 1.29 is 4.42 Å². The summed E-state index contributed by atoms with van der Waals surface area (Å²) in [5.41, 5.74) is 7.42. The largest absolute Gasteiger partial charge is 0.454 e. The van der Waals surface area contributed by atoms with Crippen molar-refractivity contribution in [3.8, 4) is 39.9 Å². The first-order chi connectivity index (χ1) is 25.8. The molecule has 0 amide bonds. The van der Waals surface area contributed by atoms with Crippen LogP contribution in [-0.2, 0) is 0 Å². The predicted octanol–water partition coefficient (Wildman–Crippen LogP) is 11.6. The molecule has 0 fully saturated rings. The van der Waals surface area contributed by atoms with E-state index < -0.39 is 0 Å². The highest BCUT2D eigenvalue weighted by atomic mass is 16.3. The van der Waals surface area contributed by atoms with Gasteiger partial charge in [-0.05, 0) is 70.1 Å². The van der Waals surface area contributed by atoms with Crippen molar-refractivity contribution in [2.75, 3.05) is 0 Å². The summed E-state index contributed by atoms with van der Waals surface area (Å²) in [4.78, 5) is 20.1. The van der Waals surface area contributed by atoms with Crippen LogP contribution in [0.25, 0.3) is 105 Å². The van der Waals surface area contributed by atoms with Crippen LogP contribution >= 0.6 is 0 Å². The molecule has 11 rings (SSSR count). The monoisotopic (exact) mass is 665 g/mol. The van der Waals surface area contributed by atoms with E-state index in [0.29, 0.717) is 17.5 Å². The van der Waals surface area contributed by atoms with Crippen LogP contribution in [0.2, 0.25) is 0 Å². The van der Waals surface area contributed by atoms with Gasteiger partial charge in [-0.2, -0.15) is 0 Å².